The van der Waals surface area contributed by atoms with Crippen LogP contribution in [0.1, 0.15) is 27.2 Å². The van der Waals surface area contributed by atoms with E-state index in [0.29, 0.717) is 19.5 Å². The van der Waals surface area contributed by atoms with Gasteiger partial charge in [0.25, 0.3) is 0 Å². The highest BCUT2D eigenvalue weighted by Gasteiger charge is 2.36. The number of carbonyl (C=O) groups excluding carboxylic acids is 1. The molecule has 0 bridgehead atoms. The maximum atomic E-state index is 11.9. The minimum atomic E-state index is -0.512. The summed E-state index contributed by atoms with van der Waals surface area (Å²) in [5, 5.41) is 3.78. The van der Waals surface area contributed by atoms with Gasteiger partial charge in [-0.1, -0.05) is 0 Å². The number of hydrogen-bond acceptors (Lipinski definition) is 5. The molecule has 1 aliphatic rings. The van der Waals surface area contributed by atoms with Gasteiger partial charge in [0.1, 0.15) is 16.2 Å². The summed E-state index contributed by atoms with van der Waals surface area (Å²) < 4.78 is 10.6. The Morgan fingerprint density at radius 2 is 2.17 bits per heavy atom. The molecule has 18 heavy (non-hydrogen) atoms. The molecule has 1 rings (SSSR count). The number of methoxy groups -OCH3 is 1. The maximum Gasteiger partial charge on any atom is 0.410 e. The lowest BCUT2D eigenvalue weighted by atomic mass is 10.0. The minimum absolute atomic E-state index is 0.0993. The second kappa shape index (κ2) is 5.93. The second-order valence-electron chi connectivity index (χ2n) is 5.27. The molecule has 0 aromatic heterocycles. The third-order valence-corrected chi connectivity index (χ3v) is 2.68. The Morgan fingerprint density at radius 1 is 1.50 bits per heavy atom. The lowest BCUT2D eigenvalue weighted by Gasteiger charge is -2.34. The van der Waals surface area contributed by atoms with Gasteiger partial charge < -0.3 is 14.4 Å². The van der Waals surface area contributed by atoms with Crippen molar-refractivity contribution in [3.05, 3.63) is 0 Å². The van der Waals surface area contributed by atoms with Gasteiger partial charge in [0, 0.05) is 13.7 Å². The van der Waals surface area contributed by atoms with Crippen molar-refractivity contribution in [1.29, 1.82) is 5.53 Å². The predicted octanol–water partition coefficient (Wildman–Crippen LogP) is 1.56. The largest absolute Gasteiger partial charge is 0.444 e. The minimum Gasteiger partial charge on any atom is -0.444 e. The van der Waals surface area contributed by atoms with E-state index in [1.807, 2.05) is 20.8 Å². The Hall–Kier alpha value is -1.46. The van der Waals surface area contributed by atoms with Crippen LogP contribution in [0.5, 0.6) is 0 Å². The van der Waals surface area contributed by atoms with Crippen LogP contribution in [0.4, 0.5) is 4.79 Å². The first kappa shape index (κ1) is 14.6. The van der Waals surface area contributed by atoms with E-state index >= 15 is 0 Å². The number of nitrogens with one attached hydrogen (secondary N) is 1. The Bertz CT molecular complexity index is 347. The number of nitrogens with zero attached hydrogens (tertiary/aromatic N) is 3. The van der Waals surface area contributed by atoms with Crippen molar-refractivity contribution in [2.45, 2.75) is 44.9 Å². The van der Waals surface area contributed by atoms with Crippen LogP contribution in [0.15, 0.2) is 5.11 Å². The summed E-state index contributed by atoms with van der Waals surface area (Å²) in [4.78, 5) is 16.5. The molecule has 0 aromatic rings. The molecule has 7 nitrogen and oxygen atoms in total. The Morgan fingerprint density at radius 3 is 2.67 bits per heavy atom. The van der Waals surface area contributed by atoms with Crippen LogP contribution in [0.3, 0.4) is 0 Å². The van der Waals surface area contributed by atoms with E-state index < -0.39 is 5.60 Å². The van der Waals surface area contributed by atoms with Crippen LogP contribution in [0.2, 0.25) is 0 Å². The van der Waals surface area contributed by atoms with Gasteiger partial charge in [-0.25, -0.2) is 4.79 Å². The molecule has 1 amide bonds. The molecule has 0 saturated carbocycles. The Labute approximate surface area is 107 Å². The molecule has 0 radical (unpaired) electrons. The fourth-order valence-corrected chi connectivity index (χ4v) is 1.86. The average molecular weight is 257 g/mol. The van der Waals surface area contributed by atoms with Crippen molar-refractivity contribution in [2.75, 3.05) is 20.2 Å². The van der Waals surface area contributed by atoms with Gasteiger partial charge in [-0.3, -0.25) is 0 Å². The fourth-order valence-electron chi connectivity index (χ4n) is 1.86. The van der Waals surface area contributed by atoms with Gasteiger partial charge in [-0.2, -0.15) is 0 Å². The first-order valence-corrected chi connectivity index (χ1v) is 5.94. The van der Waals surface area contributed by atoms with Gasteiger partial charge in [0.05, 0.1) is 12.6 Å². The van der Waals surface area contributed by atoms with Crippen molar-refractivity contribution in [3.63, 3.8) is 0 Å². The number of piperidine rings is 1. The van der Waals surface area contributed by atoms with Crippen LogP contribution >= 0.6 is 0 Å². The third kappa shape index (κ3) is 4.09. The molecule has 2 atom stereocenters. The highest BCUT2D eigenvalue weighted by molar-refractivity contribution is 5.68. The van der Waals surface area contributed by atoms with E-state index in [4.69, 9.17) is 15.0 Å². The molecule has 1 fully saturated rings. The molecule has 7 heteroatoms. The van der Waals surface area contributed by atoms with Gasteiger partial charge in [-0.15, -0.1) is 0 Å². The number of hydrogen-bond donors (Lipinski definition) is 1. The van der Waals surface area contributed by atoms with Crippen molar-refractivity contribution in [2.24, 2.45) is 5.11 Å². The number of ether oxygens (including phenoxy) is 2. The zero-order valence-electron chi connectivity index (χ0n) is 11.3. The van der Waals surface area contributed by atoms with Crippen molar-refractivity contribution in [3.8, 4) is 0 Å². The van der Waals surface area contributed by atoms with Crippen molar-refractivity contribution < 1.29 is 14.3 Å². The Balaban J connectivity index is 2.65. The normalized spacial score (nSPS) is 24.3. The van der Waals surface area contributed by atoms with Gasteiger partial charge in [-0.05, 0) is 27.2 Å². The zero-order valence-corrected chi connectivity index (χ0v) is 11.3. The summed E-state index contributed by atoms with van der Waals surface area (Å²) in [5.41, 5.74) is 6.28. The summed E-state index contributed by atoms with van der Waals surface area (Å²) >= 11 is 0. The molecular weight excluding hydrogens is 236 g/mol. The van der Waals surface area contributed by atoms with E-state index in [-0.39, 0.29) is 18.2 Å². The summed E-state index contributed by atoms with van der Waals surface area (Å²) in [6.07, 6.45) is 0.208. The molecule has 0 aromatic carbocycles. The first-order chi connectivity index (χ1) is 8.37. The highest BCUT2D eigenvalue weighted by atomic mass is 16.6. The molecule has 1 heterocycles. The monoisotopic (exact) mass is 257 g/mol. The Kier molecular flexibility index (Phi) is 4.81. The van der Waals surface area contributed by atoms with Gasteiger partial charge in [0.15, 0.2) is 6.04 Å². The van der Waals surface area contributed by atoms with E-state index in [0.717, 1.165) is 0 Å². The number of likely N-dealkylation sites (tertiary alicyclic amines) is 1. The average Bonchev–Trinajstić information content (AvgIpc) is 2.27. The first-order valence-electron chi connectivity index (χ1n) is 5.94. The summed E-state index contributed by atoms with van der Waals surface area (Å²) in [5.74, 6) is 0. The molecular formula is C11H21N4O3+. The quantitative estimate of drug-likeness (QED) is 0.601. The van der Waals surface area contributed by atoms with Crippen LogP contribution < -0.4 is 4.91 Å². The van der Waals surface area contributed by atoms with Crippen molar-refractivity contribution in [1.82, 2.24) is 9.81 Å². The smallest absolute Gasteiger partial charge is 0.410 e. The zero-order chi connectivity index (χ0) is 13.8. The van der Waals surface area contributed by atoms with E-state index in [9.17, 15) is 4.79 Å². The van der Waals surface area contributed by atoms with Crippen LogP contribution in [-0.4, -0.2) is 48.9 Å². The molecule has 0 spiro atoms. The summed E-state index contributed by atoms with van der Waals surface area (Å²) in [6, 6.07) is -0.297. The summed E-state index contributed by atoms with van der Waals surface area (Å²) in [6.45, 7) is 6.42. The number of amides is 1. The van der Waals surface area contributed by atoms with E-state index in [1.165, 1.54) is 0 Å². The van der Waals surface area contributed by atoms with Crippen molar-refractivity contribution >= 4 is 6.09 Å². The van der Waals surface area contributed by atoms with E-state index in [1.54, 1.807) is 12.0 Å². The van der Waals surface area contributed by atoms with Gasteiger partial charge in [0.2, 0.25) is 4.91 Å². The third-order valence-electron chi connectivity index (χ3n) is 2.68. The second-order valence-corrected chi connectivity index (χ2v) is 5.27. The molecule has 0 aliphatic carbocycles. The molecule has 0 unspecified atom stereocenters. The van der Waals surface area contributed by atoms with E-state index in [2.05, 4.69) is 10.0 Å². The topological polar surface area (TPSA) is 89.1 Å². The predicted molar refractivity (Wildman–Crippen MR) is 64.3 cm³/mol. The SMILES string of the molecule is CO[C@@H]1CCN(C(=O)OC(C)(C)C)C[C@H]1N=[N+]=N. The van der Waals surface area contributed by atoms with Crippen LogP contribution in [0.25, 0.3) is 0 Å². The molecule has 102 valence electrons. The number of rotatable bonds is 2. The lowest BCUT2D eigenvalue weighted by molar-refractivity contribution is -0.00658. The van der Waals surface area contributed by atoms with Crippen LogP contribution in [-0.2, 0) is 9.47 Å². The molecule has 1 N–H and O–H groups in total. The number of carbonyl (C=O) groups is 1. The standard InChI is InChI=1S/C11H21N4O3/c1-11(2,3)18-10(16)15-6-5-9(17-4)8(7-15)13-14-12/h8-9,12H,5-7H2,1-4H3/q+1/t8-,9-/m1/s1. The van der Waals surface area contributed by atoms with Crippen LogP contribution in [0, 0.1) is 5.53 Å². The van der Waals surface area contributed by atoms with Gasteiger partial charge >= 0.3 is 6.09 Å². The molecule has 1 aliphatic heterocycles. The summed E-state index contributed by atoms with van der Waals surface area (Å²) in [7, 11) is 1.60. The highest BCUT2D eigenvalue weighted by Crippen LogP contribution is 2.19. The molecule has 1 saturated heterocycles. The lowest BCUT2D eigenvalue weighted by Crippen LogP contribution is -2.50. The fraction of sp³-hybridized carbons (Fsp3) is 0.909. The maximum absolute atomic E-state index is 11.9.